The zero-order chi connectivity index (χ0) is 24.9. The second-order valence-electron chi connectivity index (χ2n) is 8.46. The van der Waals surface area contributed by atoms with Crippen molar-refractivity contribution in [3.63, 3.8) is 0 Å². The first-order valence-electron chi connectivity index (χ1n) is 11.5. The molecule has 2 amide bonds. The highest BCUT2D eigenvalue weighted by atomic mass is 35.5. The van der Waals surface area contributed by atoms with Gasteiger partial charge in [0.15, 0.2) is 5.16 Å². The Bertz CT molecular complexity index is 1200. The highest BCUT2D eigenvalue weighted by Crippen LogP contribution is 2.25. The summed E-state index contributed by atoms with van der Waals surface area (Å²) in [6.07, 6.45) is 1.19. The van der Waals surface area contributed by atoms with Crippen LogP contribution in [0.5, 0.6) is 0 Å². The van der Waals surface area contributed by atoms with Crippen molar-refractivity contribution in [3.8, 4) is 5.69 Å². The van der Waals surface area contributed by atoms with Crippen LogP contribution in [0.15, 0.2) is 53.7 Å². The number of carbonyl (C=O) groups excluding carboxylic acids is 2. The molecule has 2 heterocycles. The van der Waals surface area contributed by atoms with Crippen LogP contribution in [-0.2, 0) is 4.79 Å². The lowest BCUT2D eigenvalue weighted by Crippen LogP contribution is -2.55. The van der Waals surface area contributed by atoms with Gasteiger partial charge < -0.3 is 9.80 Å². The highest BCUT2D eigenvalue weighted by Gasteiger charge is 2.31. The van der Waals surface area contributed by atoms with Gasteiger partial charge in [0.1, 0.15) is 5.82 Å². The molecule has 3 aromatic rings. The summed E-state index contributed by atoms with van der Waals surface area (Å²) in [4.78, 5) is 29.4. The first kappa shape index (κ1) is 25.5. The number of aryl methyl sites for hydroxylation is 1. The zero-order valence-electron chi connectivity index (χ0n) is 19.7. The van der Waals surface area contributed by atoms with E-state index in [0.29, 0.717) is 41.7 Å². The fourth-order valence-corrected chi connectivity index (χ4v) is 5.58. The molecule has 10 heteroatoms. The monoisotopic (exact) mass is 531 g/mol. The van der Waals surface area contributed by atoms with E-state index < -0.39 is 0 Å². The third-order valence-electron chi connectivity index (χ3n) is 5.98. The second kappa shape index (κ2) is 11.5. The Morgan fingerprint density at radius 1 is 1.09 bits per heavy atom. The number of amides is 2. The molecular weight excluding hydrogens is 505 g/mol. The van der Waals surface area contributed by atoms with Gasteiger partial charge in [0.25, 0.3) is 5.91 Å². The summed E-state index contributed by atoms with van der Waals surface area (Å²) in [6.45, 7) is 5.37. The number of nitrogens with zero attached hydrogens (tertiary/aromatic N) is 5. The normalized spacial score (nSPS) is 15.9. The number of halogens is 2. The summed E-state index contributed by atoms with van der Waals surface area (Å²) < 4.78 is 2.03. The van der Waals surface area contributed by atoms with Crippen LogP contribution in [0.1, 0.15) is 35.9 Å². The number of thioether (sulfide) groups is 1. The third kappa shape index (κ3) is 6.00. The molecule has 1 atom stereocenters. The molecular formula is C25H27Cl2N5O2S. The predicted molar refractivity (Wildman–Crippen MR) is 140 cm³/mol. The molecule has 0 bridgehead atoms. The van der Waals surface area contributed by atoms with E-state index >= 15 is 0 Å². The molecule has 2 aromatic carbocycles. The summed E-state index contributed by atoms with van der Waals surface area (Å²) >= 11 is 13.8. The second-order valence-corrected chi connectivity index (χ2v) is 10.4. The van der Waals surface area contributed by atoms with Gasteiger partial charge in [-0.25, -0.2) is 0 Å². The van der Waals surface area contributed by atoms with Gasteiger partial charge in [-0.2, -0.15) is 0 Å². The standard InChI is InChI=1S/C25H27Cl2N5O2S/c1-17-16-30(12-13-31(17)24(34)21-11-10-19(26)15-22(21)27)23(33)9-6-14-35-25-29-28-18(2)32(25)20-7-4-3-5-8-20/h3-5,7-8,10-11,15,17H,6,9,12-14,16H2,1-2H3. The fourth-order valence-electron chi connectivity index (χ4n) is 4.16. The number of para-hydroxylation sites is 1. The number of carbonyl (C=O) groups is 2. The van der Waals surface area contributed by atoms with E-state index in [9.17, 15) is 9.59 Å². The molecule has 1 unspecified atom stereocenters. The van der Waals surface area contributed by atoms with Gasteiger partial charge in [-0.3, -0.25) is 14.2 Å². The molecule has 0 N–H and O–H groups in total. The molecule has 0 spiro atoms. The predicted octanol–water partition coefficient (Wildman–Crippen LogP) is 5.13. The number of benzene rings is 2. The van der Waals surface area contributed by atoms with Crippen LogP contribution >= 0.6 is 35.0 Å². The molecule has 0 radical (unpaired) electrons. The van der Waals surface area contributed by atoms with Crippen LogP contribution in [0.4, 0.5) is 0 Å². The summed E-state index contributed by atoms with van der Waals surface area (Å²) in [7, 11) is 0. The lowest BCUT2D eigenvalue weighted by Gasteiger charge is -2.40. The van der Waals surface area contributed by atoms with Gasteiger partial charge >= 0.3 is 0 Å². The lowest BCUT2D eigenvalue weighted by atomic mass is 10.1. The first-order valence-corrected chi connectivity index (χ1v) is 13.2. The molecule has 4 rings (SSSR count). The minimum absolute atomic E-state index is 0.103. The Labute approximate surface area is 219 Å². The average Bonchev–Trinajstić information content (AvgIpc) is 3.21. The van der Waals surface area contributed by atoms with Gasteiger partial charge in [0.2, 0.25) is 5.91 Å². The van der Waals surface area contributed by atoms with E-state index in [2.05, 4.69) is 10.2 Å². The van der Waals surface area contributed by atoms with E-state index in [4.69, 9.17) is 23.2 Å². The molecule has 35 heavy (non-hydrogen) atoms. The summed E-state index contributed by atoms with van der Waals surface area (Å²) in [6, 6.07) is 14.8. The van der Waals surface area contributed by atoms with Crippen molar-refractivity contribution < 1.29 is 9.59 Å². The zero-order valence-corrected chi connectivity index (χ0v) is 22.0. The molecule has 184 valence electrons. The Kier molecular flexibility index (Phi) is 8.36. The van der Waals surface area contributed by atoms with E-state index in [0.717, 1.165) is 28.8 Å². The van der Waals surface area contributed by atoms with Gasteiger partial charge in [-0.1, -0.05) is 53.2 Å². The Morgan fingerprint density at radius 2 is 1.86 bits per heavy atom. The number of rotatable bonds is 7. The quantitative estimate of drug-likeness (QED) is 0.312. The molecule has 0 saturated carbocycles. The van der Waals surface area contributed by atoms with Crippen LogP contribution in [0, 0.1) is 6.92 Å². The lowest BCUT2D eigenvalue weighted by molar-refractivity contribution is -0.133. The Hall–Kier alpha value is -2.55. The van der Waals surface area contributed by atoms with Crippen molar-refractivity contribution in [1.29, 1.82) is 0 Å². The van der Waals surface area contributed by atoms with Crippen molar-refractivity contribution in [2.24, 2.45) is 0 Å². The smallest absolute Gasteiger partial charge is 0.255 e. The van der Waals surface area contributed by atoms with Crippen LogP contribution in [0.2, 0.25) is 10.0 Å². The summed E-state index contributed by atoms with van der Waals surface area (Å²) in [5, 5.41) is 10.2. The van der Waals surface area contributed by atoms with Gasteiger partial charge in [-0.15, -0.1) is 10.2 Å². The number of hydrogen-bond donors (Lipinski definition) is 0. The molecule has 1 fully saturated rings. The molecule has 1 saturated heterocycles. The van der Waals surface area contributed by atoms with E-state index in [-0.39, 0.29) is 17.9 Å². The molecule has 1 aliphatic rings. The van der Waals surface area contributed by atoms with Crippen molar-refractivity contribution in [2.75, 3.05) is 25.4 Å². The number of aromatic nitrogens is 3. The molecule has 1 aromatic heterocycles. The third-order valence-corrected chi connectivity index (χ3v) is 7.54. The number of hydrogen-bond acceptors (Lipinski definition) is 5. The minimum atomic E-state index is -0.138. The number of piperazine rings is 1. The average molecular weight is 532 g/mol. The van der Waals surface area contributed by atoms with Gasteiger partial charge in [0, 0.05) is 48.6 Å². The van der Waals surface area contributed by atoms with Crippen molar-refractivity contribution >= 4 is 46.8 Å². The largest absolute Gasteiger partial charge is 0.339 e. The Balaban J connectivity index is 1.26. The van der Waals surface area contributed by atoms with E-state index in [1.54, 1.807) is 34.9 Å². The van der Waals surface area contributed by atoms with Crippen LogP contribution in [0.25, 0.3) is 5.69 Å². The summed E-state index contributed by atoms with van der Waals surface area (Å²) in [5.74, 6) is 1.56. The molecule has 0 aliphatic carbocycles. The Morgan fingerprint density at radius 3 is 2.57 bits per heavy atom. The highest BCUT2D eigenvalue weighted by molar-refractivity contribution is 7.99. The topological polar surface area (TPSA) is 71.3 Å². The van der Waals surface area contributed by atoms with Gasteiger partial charge in [-0.05, 0) is 50.6 Å². The summed E-state index contributed by atoms with van der Waals surface area (Å²) in [5.41, 5.74) is 1.45. The first-order chi connectivity index (χ1) is 16.8. The molecule has 7 nitrogen and oxygen atoms in total. The maximum atomic E-state index is 13.0. The van der Waals surface area contributed by atoms with Crippen molar-refractivity contribution in [3.05, 3.63) is 70.0 Å². The van der Waals surface area contributed by atoms with Crippen LogP contribution in [-0.4, -0.2) is 67.8 Å². The fraction of sp³-hybridized carbons (Fsp3) is 0.360. The van der Waals surface area contributed by atoms with Crippen molar-refractivity contribution in [2.45, 2.75) is 37.9 Å². The molecule has 1 aliphatic heterocycles. The maximum Gasteiger partial charge on any atom is 0.255 e. The van der Waals surface area contributed by atoms with E-state index in [1.807, 2.05) is 53.6 Å². The van der Waals surface area contributed by atoms with Gasteiger partial charge in [0.05, 0.1) is 10.6 Å². The minimum Gasteiger partial charge on any atom is -0.339 e. The SMILES string of the molecule is Cc1nnc(SCCCC(=O)N2CCN(C(=O)c3ccc(Cl)cc3Cl)C(C)C2)n1-c1ccccc1. The van der Waals surface area contributed by atoms with Crippen molar-refractivity contribution in [1.82, 2.24) is 24.6 Å². The van der Waals surface area contributed by atoms with Crippen LogP contribution < -0.4 is 0 Å². The maximum absolute atomic E-state index is 13.0. The van der Waals surface area contributed by atoms with E-state index in [1.165, 1.54) is 0 Å². The van der Waals surface area contributed by atoms with Crippen LogP contribution in [0.3, 0.4) is 0 Å².